The molecular weight excluding hydrogens is 237 g/mol. The van der Waals surface area contributed by atoms with Gasteiger partial charge in [0.2, 0.25) is 5.91 Å². The van der Waals surface area contributed by atoms with Crippen molar-refractivity contribution in [2.24, 2.45) is 5.73 Å². The summed E-state index contributed by atoms with van der Waals surface area (Å²) in [7, 11) is 0. The molecule has 0 aromatic heterocycles. The molecule has 0 spiro atoms. The van der Waals surface area contributed by atoms with E-state index in [4.69, 9.17) is 5.73 Å². The highest BCUT2D eigenvalue weighted by atomic mass is 19.1. The molecule has 0 aliphatic heterocycles. The van der Waals surface area contributed by atoms with Crippen molar-refractivity contribution in [3.8, 4) is 0 Å². The topological polar surface area (TPSA) is 84.2 Å². The van der Waals surface area contributed by atoms with Crippen molar-refractivity contribution in [3.05, 3.63) is 35.6 Å². The number of urea groups is 1. The van der Waals surface area contributed by atoms with Crippen LogP contribution in [0.15, 0.2) is 24.3 Å². The Kier molecular flexibility index (Phi) is 4.79. The second-order valence-electron chi connectivity index (χ2n) is 4.02. The van der Waals surface area contributed by atoms with Gasteiger partial charge in [0.25, 0.3) is 0 Å². The van der Waals surface area contributed by atoms with Crippen LogP contribution >= 0.6 is 0 Å². The molecule has 4 N–H and O–H groups in total. The lowest BCUT2D eigenvalue weighted by Crippen LogP contribution is -2.47. The van der Waals surface area contributed by atoms with E-state index in [-0.39, 0.29) is 11.9 Å². The summed E-state index contributed by atoms with van der Waals surface area (Å²) in [4.78, 5) is 22.0. The molecule has 5 nitrogen and oxygen atoms in total. The Morgan fingerprint density at radius 2 is 1.78 bits per heavy atom. The van der Waals surface area contributed by atoms with E-state index in [2.05, 4.69) is 5.32 Å². The van der Waals surface area contributed by atoms with Crippen LogP contribution in [0, 0.1) is 5.82 Å². The highest BCUT2D eigenvalue weighted by molar-refractivity contribution is 5.96. The molecule has 0 aliphatic carbocycles. The van der Waals surface area contributed by atoms with E-state index in [1.807, 2.05) is 12.2 Å². The van der Waals surface area contributed by atoms with E-state index < -0.39 is 18.0 Å². The highest BCUT2D eigenvalue weighted by Crippen LogP contribution is 2.13. The maximum absolute atomic E-state index is 12.7. The van der Waals surface area contributed by atoms with E-state index >= 15 is 0 Å². The van der Waals surface area contributed by atoms with Crippen molar-refractivity contribution in [1.82, 2.24) is 10.6 Å². The summed E-state index contributed by atoms with van der Waals surface area (Å²) < 4.78 is 12.7. The molecule has 0 fully saturated rings. The number of halogens is 1. The predicted molar refractivity (Wildman–Crippen MR) is 65.1 cm³/mol. The van der Waals surface area contributed by atoms with Gasteiger partial charge in [0, 0.05) is 6.04 Å². The van der Waals surface area contributed by atoms with Crippen LogP contribution in [0.3, 0.4) is 0 Å². The van der Waals surface area contributed by atoms with E-state index in [1.54, 1.807) is 19.1 Å². The predicted octanol–water partition coefficient (Wildman–Crippen LogP) is 1.06. The Balaban J connectivity index is 2.58. The first-order chi connectivity index (χ1) is 8.40. The van der Waals surface area contributed by atoms with Crippen LogP contribution in [0.4, 0.5) is 9.18 Å². The number of nitrogens with two attached hydrogens (primary N) is 1. The summed E-state index contributed by atoms with van der Waals surface area (Å²) in [5.74, 6) is -0.818. The number of benzene rings is 1. The maximum Gasteiger partial charge on any atom is 0.318 e. The van der Waals surface area contributed by atoms with Crippen molar-refractivity contribution in [2.75, 3.05) is 0 Å². The summed E-state index contributed by atoms with van der Waals surface area (Å²) in [6.07, 6.45) is 0. The molecule has 0 saturated carbocycles. The molecule has 6 heteroatoms. The van der Waals surface area contributed by atoms with E-state index in [0.717, 1.165) is 5.56 Å². The molecule has 1 unspecified atom stereocenters. The number of imide groups is 1. The Labute approximate surface area is 105 Å². The third-order valence-electron chi connectivity index (χ3n) is 2.51. The molecule has 0 aliphatic rings. The smallest absolute Gasteiger partial charge is 0.318 e. The summed E-state index contributed by atoms with van der Waals surface area (Å²) in [5, 5.41) is 4.96. The van der Waals surface area contributed by atoms with Crippen molar-refractivity contribution in [2.45, 2.75) is 25.9 Å². The normalized spacial score (nSPS) is 13.7. The molecule has 18 heavy (non-hydrogen) atoms. The van der Waals surface area contributed by atoms with E-state index in [0.29, 0.717) is 0 Å². The molecule has 0 radical (unpaired) electrons. The van der Waals surface area contributed by atoms with Crippen molar-refractivity contribution < 1.29 is 14.0 Å². The third-order valence-corrected chi connectivity index (χ3v) is 2.51. The van der Waals surface area contributed by atoms with Crippen LogP contribution in [0.1, 0.15) is 25.5 Å². The van der Waals surface area contributed by atoms with E-state index in [9.17, 15) is 14.0 Å². The fourth-order valence-electron chi connectivity index (χ4n) is 1.53. The summed E-state index contributed by atoms with van der Waals surface area (Å²) >= 11 is 0. The van der Waals surface area contributed by atoms with Gasteiger partial charge in [0.1, 0.15) is 5.82 Å². The minimum absolute atomic E-state index is 0.153. The molecule has 0 saturated heterocycles. The van der Waals surface area contributed by atoms with Crippen LogP contribution in [-0.2, 0) is 4.79 Å². The number of amides is 3. The molecule has 0 heterocycles. The monoisotopic (exact) mass is 253 g/mol. The minimum atomic E-state index is -0.886. The molecule has 1 aromatic carbocycles. The van der Waals surface area contributed by atoms with Gasteiger partial charge in [0.15, 0.2) is 0 Å². The first-order valence-electron chi connectivity index (χ1n) is 5.52. The Morgan fingerprint density at radius 3 is 2.28 bits per heavy atom. The molecular formula is C12H16FN3O2. The first-order valence-corrected chi connectivity index (χ1v) is 5.52. The highest BCUT2D eigenvalue weighted by Gasteiger charge is 2.17. The maximum atomic E-state index is 12.7. The number of hydrogen-bond acceptors (Lipinski definition) is 3. The van der Waals surface area contributed by atoms with Crippen molar-refractivity contribution >= 4 is 11.9 Å². The van der Waals surface area contributed by atoms with Gasteiger partial charge in [-0.2, -0.15) is 0 Å². The van der Waals surface area contributed by atoms with Crippen molar-refractivity contribution in [1.29, 1.82) is 0 Å². The van der Waals surface area contributed by atoms with Crippen LogP contribution in [-0.4, -0.2) is 18.0 Å². The van der Waals surface area contributed by atoms with Gasteiger partial charge in [-0.25, -0.2) is 9.18 Å². The second kappa shape index (κ2) is 6.11. The van der Waals surface area contributed by atoms with Gasteiger partial charge in [-0.15, -0.1) is 0 Å². The van der Waals surface area contributed by atoms with Crippen molar-refractivity contribution in [3.63, 3.8) is 0 Å². The van der Waals surface area contributed by atoms with Crippen LogP contribution in [0.25, 0.3) is 0 Å². The lowest BCUT2D eigenvalue weighted by Gasteiger charge is -2.19. The zero-order valence-corrected chi connectivity index (χ0v) is 10.2. The third kappa shape index (κ3) is 4.14. The van der Waals surface area contributed by atoms with Crippen LogP contribution < -0.4 is 16.4 Å². The average molecular weight is 253 g/mol. The van der Waals surface area contributed by atoms with Crippen LogP contribution in [0.5, 0.6) is 0 Å². The van der Waals surface area contributed by atoms with Gasteiger partial charge in [-0.1, -0.05) is 12.1 Å². The number of rotatable bonds is 4. The molecule has 1 rings (SSSR count). The molecule has 2 atom stereocenters. The van der Waals surface area contributed by atoms with Gasteiger partial charge in [-0.05, 0) is 31.5 Å². The number of carbonyl (C=O) groups excluding carboxylic acids is 2. The molecule has 98 valence electrons. The summed E-state index contributed by atoms with van der Waals surface area (Å²) in [6.45, 7) is 3.44. The largest absolute Gasteiger partial charge is 0.351 e. The Morgan fingerprint density at radius 1 is 1.22 bits per heavy atom. The van der Waals surface area contributed by atoms with Gasteiger partial charge >= 0.3 is 6.03 Å². The molecule has 1 aromatic rings. The lowest BCUT2D eigenvalue weighted by molar-refractivity contribution is -0.121. The van der Waals surface area contributed by atoms with Gasteiger partial charge in [-0.3, -0.25) is 15.4 Å². The zero-order valence-electron chi connectivity index (χ0n) is 10.2. The molecule has 3 amide bonds. The number of hydrogen-bond donors (Lipinski definition) is 3. The zero-order chi connectivity index (χ0) is 13.7. The number of nitrogens with one attached hydrogen (secondary N) is 2. The average Bonchev–Trinajstić information content (AvgIpc) is 2.28. The Bertz CT molecular complexity index is 433. The van der Waals surface area contributed by atoms with Gasteiger partial charge in [0.05, 0.1) is 6.04 Å². The SMILES string of the molecule is CC(N[C@H](C)c1ccc(F)cc1)C(=O)NC(N)=O. The fourth-order valence-corrected chi connectivity index (χ4v) is 1.53. The quantitative estimate of drug-likeness (QED) is 0.750. The first kappa shape index (κ1) is 14.1. The lowest BCUT2D eigenvalue weighted by atomic mass is 10.1. The van der Waals surface area contributed by atoms with Gasteiger partial charge < -0.3 is 5.73 Å². The van der Waals surface area contributed by atoms with Crippen LogP contribution in [0.2, 0.25) is 0 Å². The fraction of sp³-hybridized carbons (Fsp3) is 0.333. The standard InChI is InChI=1S/C12H16FN3O2/c1-7(9-3-5-10(13)6-4-9)15-8(2)11(17)16-12(14)18/h3-8,15H,1-2H3,(H3,14,16,17,18)/t7-,8?/m1/s1. The second-order valence-corrected chi connectivity index (χ2v) is 4.02. The number of primary amides is 1. The molecule has 0 bridgehead atoms. The van der Waals surface area contributed by atoms with E-state index in [1.165, 1.54) is 12.1 Å². The summed E-state index contributed by atoms with van der Waals surface area (Å²) in [6, 6.07) is 4.33. The number of carbonyl (C=O) groups is 2. The summed E-state index contributed by atoms with van der Waals surface area (Å²) in [5.41, 5.74) is 5.69. The minimum Gasteiger partial charge on any atom is -0.351 e. The Hall–Kier alpha value is -1.95.